The minimum atomic E-state index is -0.423. The first-order valence-corrected chi connectivity index (χ1v) is 5.81. The molecule has 0 fully saturated rings. The van der Waals surface area contributed by atoms with Gasteiger partial charge in [0.15, 0.2) is 5.03 Å². The van der Waals surface area contributed by atoms with Gasteiger partial charge in [0.2, 0.25) is 0 Å². The maximum atomic E-state index is 10.8. The summed E-state index contributed by atoms with van der Waals surface area (Å²) in [6, 6.07) is 1.51. The Morgan fingerprint density at radius 2 is 2.38 bits per heavy atom. The lowest BCUT2D eigenvalue weighted by molar-refractivity contribution is -0.388. The highest BCUT2D eigenvalue weighted by molar-refractivity contribution is 8.00. The van der Waals surface area contributed by atoms with Gasteiger partial charge in [0, 0.05) is 24.1 Å². The van der Waals surface area contributed by atoms with Crippen LogP contribution in [0.4, 0.5) is 5.69 Å². The second kappa shape index (κ2) is 5.81. The van der Waals surface area contributed by atoms with E-state index in [2.05, 4.69) is 4.98 Å². The molecule has 5 nitrogen and oxygen atoms in total. The summed E-state index contributed by atoms with van der Waals surface area (Å²) in [5, 5.41) is 20.1. The van der Waals surface area contributed by atoms with Gasteiger partial charge in [-0.2, -0.15) is 0 Å². The van der Waals surface area contributed by atoms with Crippen LogP contribution in [0.5, 0.6) is 0 Å². The van der Waals surface area contributed by atoms with Crippen molar-refractivity contribution in [3.05, 3.63) is 27.9 Å². The van der Waals surface area contributed by atoms with Gasteiger partial charge in [-0.15, -0.1) is 0 Å². The molecular formula is C10H14N2O3S. The third-order valence-corrected chi connectivity index (χ3v) is 3.19. The summed E-state index contributed by atoms with van der Waals surface area (Å²) in [6.45, 7) is 3.76. The van der Waals surface area contributed by atoms with Gasteiger partial charge >= 0.3 is 5.69 Å². The van der Waals surface area contributed by atoms with Gasteiger partial charge in [0.05, 0.1) is 4.92 Å². The molecule has 0 bridgehead atoms. The number of hydrogen-bond donors (Lipinski definition) is 1. The Morgan fingerprint density at radius 3 is 2.94 bits per heavy atom. The van der Waals surface area contributed by atoms with Crippen LogP contribution in [-0.4, -0.2) is 26.9 Å². The fourth-order valence-electron chi connectivity index (χ4n) is 1.19. The van der Waals surface area contributed by atoms with E-state index in [1.54, 1.807) is 13.1 Å². The number of hydrogen-bond acceptors (Lipinski definition) is 5. The van der Waals surface area contributed by atoms with E-state index in [1.165, 1.54) is 17.8 Å². The van der Waals surface area contributed by atoms with E-state index in [1.807, 2.05) is 6.92 Å². The fraction of sp³-hybridized carbons (Fsp3) is 0.500. The van der Waals surface area contributed by atoms with E-state index in [4.69, 9.17) is 5.11 Å². The van der Waals surface area contributed by atoms with Gasteiger partial charge in [0.1, 0.15) is 0 Å². The molecule has 0 aliphatic rings. The van der Waals surface area contributed by atoms with Crippen LogP contribution in [0.2, 0.25) is 0 Å². The first-order valence-electron chi connectivity index (χ1n) is 4.93. The van der Waals surface area contributed by atoms with E-state index in [9.17, 15) is 10.1 Å². The number of pyridine rings is 1. The van der Waals surface area contributed by atoms with Crippen LogP contribution in [0, 0.1) is 17.0 Å². The maximum Gasteiger partial charge on any atom is 0.301 e. The number of aliphatic hydroxyl groups excluding tert-OH is 1. The zero-order chi connectivity index (χ0) is 12.1. The van der Waals surface area contributed by atoms with Gasteiger partial charge in [-0.3, -0.25) is 10.1 Å². The summed E-state index contributed by atoms with van der Waals surface area (Å²) < 4.78 is 0. The summed E-state index contributed by atoms with van der Waals surface area (Å²) in [5.74, 6) is 0. The maximum absolute atomic E-state index is 10.8. The van der Waals surface area contributed by atoms with Crippen LogP contribution >= 0.6 is 11.8 Å². The Morgan fingerprint density at radius 1 is 1.69 bits per heavy atom. The Balaban J connectivity index is 2.90. The molecule has 1 aromatic rings. The lowest BCUT2D eigenvalue weighted by Crippen LogP contribution is -2.02. The van der Waals surface area contributed by atoms with Gasteiger partial charge in [-0.05, 0) is 18.9 Å². The quantitative estimate of drug-likeness (QED) is 0.486. The standard InChI is InChI=1S/C10H14N2O3S/c1-7-5-9(12(14)15)10(11-6-7)16-8(2)3-4-13/h5-6,8,13H,3-4H2,1-2H3. The Hall–Kier alpha value is -1.14. The van der Waals surface area contributed by atoms with Crippen molar-refractivity contribution in [2.24, 2.45) is 0 Å². The van der Waals surface area contributed by atoms with Crippen molar-refractivity contribution in [2.75, 3.05) is 6.61 Å². The number of aryl methyl sites for hydroxylation is 1. The van der Waals surface area contributed by atoms with Crippen LogP contribution in [0.3, 0.4) is 0 Å². The van der Waals surface area contributed by atoms with E-state index < -0.39 is 4.92 Å². The summed E-state index contributed by atoms with van der Waals surface area (Å²) in [5.41, 5.74) is 0.806. The molecule has 1 N–H and O–H groups in total. The van der Waals surface area contributed by atoms with Crippen molar-refractivity contribution in [3.63, 3.8) is 0 Å². The average Bonchev–Trinajstić information content (AvgIpc) is 2.20. The molecule has 0 aliphatic carbocycles. The van der Waals surface area contributed by atoms with E-state index in [0.29, 0.717) is 11.4 Å². The SMILES string of the molecule is Cc1cnc(SC(C)CCO)c([N+](=O)[O-])c1. The van der Waals surface area contributed by atoms with Crippen molar-refractivity contribution >= 4 is 17.4 Å². The molecular weight excluding hydrogens is 228 g/mol. The number of aliphatic hydroxyl groups is 1. The van der Waals surface area contributed by atoms with Crippen molar-refractivity contribution in [3.8, 4) is 0 Å². The van der Waals surface area contributed by atoms with Crippen LogP contribution in [-0.2, 0) is 0 Å². The Labute approximate surface area is 98.0 Å². The van der Waals surface area contributed by atoms with Crippen molar-refractivity contribution < 1.29 is 10.0 Å². The number of nitrogens with zero attached hydrogens (tertiary/aromatic N) is 2. The summed E-state index contributed by atoms with van der Waals surface area (Å²) >= 11 is 1.32. The molecule has 0 aromatic carbocycles. The molecule has 6 heteroatoms. The summed E-state index contributed by atoms with van der Waals surface area (Å²) in [4.78, 5) is 14.5. The molecule has 1 heterocycles. The Bertz CT molecular complexity index is 384. The van der Waals surface area contributed by atoms with Gasteiger partial charge in [0.25, 0.3) is 0 Å². The first kappa shape index (κ1) is 12.9. The highest BCUT2D eigenvalue weighted by Gasteiger charge is 2.18. The predicted octanol–water partition coefficient (Wildman–Crippen LogP) is 2.16. The smallest absolute Gasteiger partial charge is 0.301 e. The highest BCUT2D eigenvalue weighted by atomic mass is 32.2. The average molecular weight is 242 g/mol. The number of rotatable bonds is 5. The fourth-order valence-corrected chi connectivity index (χ4v) is 2.17. The molecule has 88 valence electrons. The molecule has 1 aromatic heterocycles. The van der Waals surface area contributed by atoms with Crippen molar-refractivity contribution in [2.45, 2.75) is 30.5 Å². The van der Waals surface area contributed by atoms with Gasteiger partial charge in [-0.1, -0.05) is 18.7 Å². The summed E-state index contributed by atoms with van der Waals surface area (Å²) in [6.07, 6.45) is 2.21. The normalized spacial score (nSPS) is 12.4. The van der Waals surface area contributed by atoms with Crippen molar-refractivity contribution in [1.29, 1.82) is 0 Å². The van der Waals surface area contributed by atoms with Crippen LogP contribution in [0.25, 0.3) is 0 Å². The third kappa shape index (κ3) is 3.46. The molecule has 1 atom stereocenters. The number of thioether (sulfide) groups is 1. The van der Waals surface area contributed by atoms with Crippen LogP contribution < -0.4 is 0 Å². The molecule has 0 spiro atoms. The van der Waals surface area contributed by atoms with Gasteiger partial charge < -0.3 is 5.11 Å². The highest BCUT2D eigenvalue weighted by Crippen LogP contribution is 2.31. The zero-order valence-corrected chi connectivity index (χ0v) is 10.0. The van der Waals surface area contributed by atoms with E-state index in [0.717, 1.165) is 5.56 Å². The second-order valence-electron chi connectivity index (χ2n) is 3.53. The monoisotopic (exact) mass is 242 g/mol. The molecule has 1 unspecified atom stereocenters. The van der Waals surface area contributed by atoms with Crippen LogP contribution in [0.15, 0.2) is 17.3 Å². The zero-order valence-electron chi connectivity index (χ0n) is 9.21. The van der Waals surface area contributed by atoms with Crippen LogP contribution in [0.1, 0.15) is 18.9 Å². The number of aromatic nitrogens is 1. The molecule has 0 radical (unpaired) electrons. The molecule has 0 saturated heterocycles. The minimum Gasteiger partial charge on any atom is -0.396 e. The molecule has 1 rings (SSSR count). The second-order valence-corrected chi connectivity index (χ2v) is 4.96. The van der Waals surface area contributed by atoms with E-state index in [-0.39, 0.29) is 17.5 Å². The molecule has 0 saturated carbocycles. The molecule has 0 aliphatic heterocycles. The largest absolute Gasteiger partial charge is 0.396 e. The Kier molecular flexibility index (Phi) is 4.70. The predicted molar refractivity (Wildman–Crippen MR) is 62.7 cm³/mol. The van der Waals surface area contributed by atoms with Crippen molar-refractivity contribution in [1.82, 2.24) is 4.98 Å². The topological polar surface area (TPSA) is 76.3 Å². The van der Waals surface area contributed by atoms with E-state index >= 15 is 0 Å². The van der Waals surface area contributed by atoms with Gasteiger partial charge in [-0.25, -0.2) is 4.98 Å². The molecule has 16 heavy (non-hydrogen) atoms. The summed E-state index contributed by atoms with van der Waals surface area (Å²) in [7, 11) is 0. The molecule has 0 amide bonds. The third-order valence-electron chi connectivity index (χ3n) is 2.01. The number of nitro groups is 1. The first-order chi connectivity index (χ1) is 7.54. The lowest BCUT2D eigenvalue weighted by Gasteiger charge is -2.08. The lowest BCUT2D eigenvalue weighted by atomic mass is 10.3. The minimum absolute atomic E-state index is 0.0368.